The molecule has 7 heteroatoms. The van der Waals surface area contributed by atoms with Crippen LogP contribution in [0.4, 0.5) is 0 Å². The average Bonchev–Trinajstić information content (AvgIpc) is 2.65. The summed E-state index contributed by atoms with van der Waals surface area (Å²) in [6.45, 7) is 5.74. The summed E-state index contributed by atoms with van der Waals surface area (Å²) in [5.41, 5.74) is 1.19. The predicted molar refractivity (Wildman–Crippen MR) is 109 cm³/mol. The van der Waals surface area contributed by atoms with E-state index in [0.29, 0.717) is 18.9 Å². The van der Waals surface area contributed by atoms with E-state index < -0.39 is 9.84 Å². The van der Waals surface area contributed by atoms with E-state index in [0.717, 1.165) is 12.5 Å². The molecule has 0 amide bonds. The summed E-state index contributed by atoms with van der Waals surface area (Å²) in [4.78, 5) is 4.80. The maximum absolute atomic E-state index is 11.5. The standard InChI is InChI=1S/C20H27N3O3S/c1-4-21-20(23-16(2)17-8-6-5-7-9-17)22-14-15-26-18-10-12-19(13-11-18)27(3,24)25/h5-13,16H,4,14-15H2,1-3H3,(H2,21,22,23). The van der Waals surface area contributed by atoms with Gasteiger partial charge in [0.1, 0.15) is 12.4 Å². The number of rotatable bonds is 8. The van der Waals surface area contributed by atoms with Crippen LogP contribution >= 0.6 is 0 Å². The second-order valence-corrected chi connectivity index (χ2v) is 8.15. The first-order valence-corrected chi connectivity index (χ1v) is 10.8. The third kappa shape index (κ3) is 6.94. The van der Waals surface area contributed by atoms with Crippen molar-refractivity contribution in [1.29, 1.82) is 0 Å². The molecule has 0 saturated heterocycles. The summed E-state index contributed by atoms with van der Waals surface area (Å²) in [6.07, 6.45) is 1.18. The number of guanidine groups is 1. The van der Waals surface area contributed by atoms with Crippen molar-refractivity contribution in [1.82, 2.24) is 10.6 Å². The van der Waals surface area contributed by atoms with Crippen LogP contribution < -0.4 is 15.4 Å². The van der Waals surface area contributed by atoms with E-state index >= 15 is 0 Å². The Labute approximate surface area is 161 Å². The second-order valence-electron chi connectivity index (χ2n) is 6.13. The topological polar surface area (TPSA) is 79.8 Å². The second kappa shape index (κ2) is 9.97. The number of ether oxygens (including phenoxy) is 1. The number of aliphatic imine (C=N–C) groups is 1. The molecule has 0 radical (unpaired) electrons. The molecule has 1 unspecified atom stereocenters. The molecule has 0 bridgehead atoms. The molecule has 0 aliphatic heterocycles. The Hall–Kier alpha value is -2.54. The molecule has 0 heterocycles. The van der Waals surface area contributed by atoms with Crippen LogP contribution in [0.1, 0.15) is 25.5 Å². The minimum Gasteiger partial charge on any atom is -0.492 e. The molecule has 27 heavy (non-hydrogen) atoms. The van der Waals surface area contributed by atoms with Gasteiger partial charge in [0.05, 0.1) is 17.5 Å². The zero-order valence-electron chi connectivity index (χ0n) is 16.0. The van der Waals surface area contributed by atoms with Gasteiger partial charge in [-0.15, -0.1) is 0 Å². The molecule has 1 atom stereocenters. The molecule has 0 saturated carbocycles. The van der Waals surface area contributed by atoms with E-state index in [-0.39, 0.29) is 10.9 Å². The van der Waals surface area contributed by atoms with E-state index in [9.17, 15) is 8.42 Å². The highest BCUT2D eigenvalue weighted by Crippen LogP contribution is 2.15. The number of sulfone groups is 1. The van der Waals surface area contributed by atoms with Crippen LogP contribution in [0.15, 0.2) is 64.5 Å². The van der Waals surface area contributed by atoms with Gasteiger partial charge in [0.2, 0.25) is 0 Å². The van der Waals surface area contributed by atoms with E-state index in [1.807, 2.05) is 25.1 Å². The van der Waals surface area contributed by atoms with Crippen molar-refractivity contribution < 1.29 is 13.2 Å². The van der Waals surface area contributed by atoms with Crippen molar-refractivity contribution in [3.05, 3.63) is 60.2 Å². The van der Waals surface area contributed by atoms with Gasteiger partial charge in [0.25, 0.3) is 0 Å². The predicted octanol–water partition coefficient (Wildman–Crippen LogP) is 2.79. The molecule has 2 aromatic rings. The normalized spacial score (nSPS) is 13.1. The maximum Gasteiger partial charge on any atom is 0.191 e. The highest BCUT2D eigenvalue weighted by Gasteiger charge is 2.08. The SMILES string of the molecule is CCNC(=NCCOc1ccc(S(C)(=O)=O)cc1)NC(C)c1ccccc1. The quantitative estimate of drug-likeness (QED) is 0.412. The van der Waals surface area contributed by atoms with Gasteiger partial charge < -0.3 is 15.4 Å². The highest BCUT2D eigenvalue weighted by atomic mass is 32.2. The third-order valence-electron chi connectivity index (χ3n) is 3.88. The fourth-order valence-electron chi connectivity index (χ4n) is 2.45. The Morgan fingerprint density at radius 3 is 2.37 bits per heavy atom. The molecular weight excluding hydrogens is 362 g/mol. The highest BCUT2D eigenvalue weighted by molar-refractivity contribution is 7.90. The summed E-state index contributed by atoms with van der Waals surface area (Å²) < 4.78 is 28.6. The van der Waals surface area contributed by atoms with Crippen LogP contribution in [0.5, 0.6) is 5.75 Å². The Kier molecular flexibility index (Phi) is 7.67. The van der Waals surface area contributed by atoms with Gasteiger partial charge >= 0.3 is 0 Å². The Morgan fingerprint density at radius 1 is 1.11 bits per heavy atom. The summed E-state index contributed by atoms with van der Waals surface area (Å²) in [5, 5.41) is 6.60. The molecule has 0 aliphatic carbocycles. The van der Waals surface area contributed by atoms with E-state index in [1.54, 1.807) is 24.3 Å². The Morgan fingerprint density at radius 2 is 1.78 bits per heavy atom. The van der Waals surface area contributed by atoms with E-state index in [2.05, 4.69) is 34.7 Å². The zero-order chi connectivity index (χ0) is 19.7. The molecule has 2 N–H and O–H groups in total. The molecule has 146 valence electrons. The van der Waals surface area contributed by atoms with Crippen molar-refractivity contribution in [2.45, 2.75) is 24.8 Å². The molecule has 0 aromatic heterocycles. The fraction of sp³-hybridized carbons (Fsp3) is 0.350. The van der Waals surface area contributed by atoms with Crippen molar-refractivity contribution in [3.63, 3.8) is 0 Å². The molecular formula is C20H27N3O3S. The van der Waals surface area contributed by atoms with Crippen LogP contribution in [0, 0.1) is 0 Å². The average molecular weight is 390 g/mol. The smallest absolute Gasteiger partial charge is 0.191 e. The summed E-state index contributed by atoms with van der Waals surface area (Å²) in [5.74, 6) is 1.35. The number of hydrogen-bond donors (Lipinski definition) is 2. The molecule has 2 rings (SSSR count). The number of nitrogens with one attached hydrogen (secondary N) is 2. The van der Waals surface area contributed by atoms with Crippen LogP contribution in [0.25, 0.3) is 0 Å². The van der Waals surface area contributed by atoms with Crippen LogP contribution in [0.2, 0.25) is 0 Å². The Balaban J connectivity index is 1.87. The summed E-state index contributed by atoms with van der Waals surface area (Å²) in [6, 6.07) is 16.7. The van der Waals surface area contributed by atoms with Gasteiger partial charge in [0, 0.05) is 12.8 Å². The third-order valence-corrected chi connectivity index (χ3v) is 5.01. The van der Waals surface area contributed by atoms with Gasteiger partial charge in [-0.2, -0.15) is 0 Å². The lowest BCUT2D eigenvalue weighted by atomic mass is 10.1. The van der Waals surface area contributed by atoms with Crippen LogP contribution in [-0.4, -0.2) is 40.3 Å². The lowest BCUT2D eigenvalue weighted by molar-refractivity contribution is 0.328. The first-order chi connectivity index (χ1) is 12.9. The van der Waals surface area contributed by atoms with Gasteiger partial charge in [-0.25, -0.2) is 13.4 Å². The largest absolute Gasteiger partial charge is 0.492 e. The number of nitrogens with zero attached hydrogens (tertiary/aromatic N) is 1. The molecule has 2 aromatic carbocycles. The monoisotopic (exact) mass is 389 g/mol. The molecule has 0 aliphatic rings. The van der Waals surface area contributed by atoms with Gasteiger partial charge in [-0.1, -0.05) is 30.3 Å². The minimum atomic E-state index is -3.19. The van der Waals surface area contributed by atoms with Gasteiger partial charge in [-0.05, 0) is 43.7 Å². The van der Waals surface area contributed by atoms with Crippen molar-refractivity contribution in [2.24, 2.45) is 4.99 Å². The first-order valence-electron chi connectivity index (χ1n) is 8.93. The fourth-order valence-corrected chi connectivity index (χ4v) is 3.08. The van der Waals surface area contributed by atoms with Gasteiger partial charge in [-0.3, -0.25) is 0 Å². The maximum atomic E-state index is 11.5. The van der Waals surface area contributed by atoms with Crippen LogP contribution in [0.3, 0.4) is 0 Å². The van der Waals surface area contributed by atoms with Crippen molar-refractivity contribution >= 4 is 15.8 Å². The lowest BCUT2D eigenvalue weighted by Crippen LogP contribution is -2.39. The first kappa shape index (κ1) is 20.8. The Bertz CT molecular complexity index is 835. The minimum absolute atomic E-state index is 0.133. The molecule has 6 nitrogen and oxygen atoms in total. The zero-order valence-corrected chi connectivity index (χ0v) is 16.8. The van der Waals surface area contributed by atoms with Gasteiger partial charge in [0.15, 0.2) is 15.8 Å². The number of benzene rings is 2. The molecule has 0 spiro atoms. The van der Waals surface area contributed by atoms with Crippen LogP contribution in [-0.2, 0) is 9.84 Å². The van der Waals surface area contributed by atoms with Crippen molar-refractivity contribution in [2.75, 3.05) is 26.0 Å². The number of hydrogen-bond acceptors (Lipinski definition) is 4. The van der Waals surface area contributed by atoms with Crippen molar-refractivity contribution in [3.8, 4) is 5.75 Å². The summed E-state index contributed by atoms with van der Waals surface area (Å²) >= 11 is 0. The lowest BCUT2D eigenvalue weighted by Gasteiger charge is -2.18. The van der Waals surface area contributed by atoms with E-state index in [4.69, 9.17) is 4.74 Å². The molecule has 0 fully saturated rings. The summed E-state index contributed by atoms with van der Waals surface area (Å²) in [7, 11) is -3.19. The van der Waals surface area contributed by atoms with E-state index in [1.165, 1.54) is 11.8 Å².